The number of aromatic nitrogens is 2. The fourth-order valence-corrected chi connectivity index (χ4v) is 5.15. The molecule has 2 aromatic carbocycles. The summed E-state index contributed by atoms with van der Waals surface area (Å²) in [6.07, 6.45) is 2.90. The van der Waals surface area contributed by atoms with E-state index in [2.05, 4.69) is 21.3 Å². The van der Waals surface area contributed by atoms with Gasteiger partial charge in [0.25, 0.3) is 0 Å². The Morgan fingerprint density at radius 3 is 2.75 bits per heavy atom. The number of nitrogens with zero attached hydrogens (tertiary/aromatic N) is 3. The van der Waals surface area contributed by atoms with Crippen LogP contribution in [0.5, 0.6) is 11.5 Å². The van der Waals surface area contributed by atoms with Crippen molar-refractivity contribution in [3.63, 3.8) is 0 Å². The van der Waals surface area contributed by atoms with Crippen LogP contribution in [0.1, 0.15) is 37.4 Å². The molecule has 4 rings (SSSR count). The number of benzene rings is 2. The lowest BCUT2D eigenvalue weighted by molar-refractivity contribution is -0.132. The number of nitrogens with one attached hydrogen (secondary N) is 2. The lowest BCUT2D eigenvalue weighted by Crippen LogP contribution is -2.45. The van der Waals surface area contributed by atoms with Gasteiger partial charge in [0.15, 0.2) is 0 Å². The normalized spacial score (nSPS) is 16.0. The van der Waals surface area contributed by atoms with Gasteiger partial charge in [-0.05, 0) is 43.5 Å². The molecule has 11 heteroatoms. The lowest BCUT2D eigenvalue weighted by Gasteiger charge is -2.33. The number of fused-ring (bicyclic) bond motifs is 1. The molecule has 0 radical (unpaired) electrons. The maximum atomic E-state index is 13.2. The number of imidazole rings is 1. The number of methoxy groups -OCH3 is 3. The van der Waals surface area contributed by atoms with E-state index in [9.17, 15) is 9.59 Å². The Kier molecular flexibility index (Phi) is 10.2. The number of hydrogen-bond donors (Lipinski definition) is 3. The number of hydrogen-bond acceptors (Lipinski definition) is 7. The molecule has 0 bridgehead atoms. The molecule has 3 amide bonds. The number of carbonyl (C=O) groups is 2. The Bertz CT molecular complexity index is 1300. The van der Waals surface area contributed by atoms with E-state index in [1.807, 2.05) is 23.1 Å². The number of likely N-dealkylation sites (tertiary alicyclic amines) is 1. The zero-order valence-corrected chi connectivity index (χ0v) is 23.5. The Morgan fingerprint density at radius 1 is 1.15 bits per heavy atom. The molecule has 1 aromatic heterocycles. The number of para-hydroxylation sites is 2. The van der Waals surface area contributed by atoms with Crippen molar-refractivity contribution < 1.29 is 23.8 Å². The third-order valence-electron chi connectivity index (χ3n) is 7.17. The van der Waals surface area contributed by atoms with Crippen LogP contribution >= 0.6 is 0 Å². The topological polar surface area (TPSA) is 133 Å². The van der Waals surface area contributed by atoms with Crippen molar-refractivity contribution in [1.29, 1.82) is 0 Å². The van der Waals surface area contributed by atoms with Crippen LogP contribution in [0.4, 0.5) is 10.5 Å². The van der Waals surface area contributed by atoms with Crippen LogP contribution in [0.25, 0.3) is 11.0 Å². The number of urea groups is 1. The van der Waals surface area contributed by atoms with Gasteiger partial charge in [0.2, 0.25) is 5.91 Å². The van der Waals surface area contributed by atoms with Crippen molar-refractivity contribution in [2.24, 2.45) is 5.73 Å². The Hall–Kier alpha value is -3.83. The summed E-state index contributed by atoms with van der Waals surface area (Å²) in [5.41, 5.74) is 8.79. The summed E-state index contributed by atoms with van der Waals surface area (Å²) >= 11 is 0. The second kappa shape index (κ2) is 14.0. The minimum absolute atomic E-state index is 0.0177. The van der Waals surface area contributed by atoms with E-state index in [4.69, 9.17) is 24.9 Å². The van der Waals surface area contributed by atoms with Gasteiger partial charge >= 0.3 is 6.03 Å². The third-order valence-corrected chi connectivity index (χ3v) is 7.17. The highest BCUT2D eigenvalue weighted by molar-refractivity contribution is 5.91. The number of aryl methyl sites for hydroxylation is 1. The number of amides is 3. The predicted octanol–water partition coefficient (Wildman–Crippen LogP) is 3.34. The van der Waals surface area contributed by atoms with Crippen molar-refractivity contribution in [1.82, 2.24) is 19.8 Å². The van der Waals surface area contributed by atoms with Gasteiger partial charge in [-0.1, -0.05) is 12.1 Å². The van der Waals surface area contributed by atoms with Gasteiger partial charge in [0, 0.05) is 64.3 Å². The smallest absolute Gasteiger partial charge is 0.319 e. The molecule has 0 unspecified atom stereocenters. The van der Waals surface area contributed by atoms with E-state index in [1.54, 1.807) is 32.4 Å². The summed E-state index contributed by atoms with van der Waals surface area (Å²) in [6, 6.07) is 12.3. The molecule has 1 fully saturated rings. The molecule has 1 aliphatic rings. The van der Waals surface area contributed by atoms with E-state index < -0.39 is 12.1 Å². The highest BCUT2D eigenvalue weighted by Crippen LogP contribution is 2.30. The first-order valence-corrected chi connectivity index (χ1v) is 13.7. The Labute approximate surface area is 235 Å². The van der Waals surface area contributed by atoms with Crippen LogP contribution < -0.4 is 25.8 Å². The standard InChI is InChI=1S/C29H40N6O5/c1-38-15-7-14-35-25-10-5-4-9-23(25)32-28(35)20-8-6-13-34(19-20)27(36)16-21(30)18-31-29(37)33-24-17-22(39-2)11-12-26(24)40-3/h4-5,9-12,17,20-21H,6-8,13-16,18-19,30H2,1-3H3,(H2,31,33,37)/t20-,21-/m1/s1. The second-order valence-electron chi connectivity index (χ2n) is 10.0. The molecule has 0 aliphatic carbocycles. The summed E-state index contributed by atoms with van der Waals surface area (Å²) in [5.74, 6) is 2.23. The highest BCUT2D eigenvalue weighted by Gasteiger charge is 2.29. The number of carbonyl (C=O) groups excluding carboxylic acids is 2. The molecule has 0 saturated carbocycles. The molecule has 4 N–H and O–H groups in total. The monoisotopic (exact) mass is 552 g/mol. The van der Waals surface area contributed by atoms with Gasteiger partial charge in [-0.25, -0.2) is 9.78 Å². The van der Waals surface area contributed by atoms with Gasteiger partial charge in [0.1, 0.15) is 17.3 Å². The fourth-order valence-electron chi connectivity index (χ4n) is 5.15. The molecule has 1 saturated heterocycles. The first-order valence-electron chi connectivity index (χ1n) is 13.7. The third kappa shape index (κ3) is 7.22. The molecule has 1 aliphatic heterocycles. The van der Waals surface area contributed by atoms with Crippen LogP contribution in [0.2, 0.25) is 0 Å². The van der Waals surface area contributed by atoms with Gasteiger partial charge in [-0.2, -0.15) is 0 Å². The molecule has 2 heterocycles. The summed E-state index contributed by atoms with van der Waals surface area (Å²) in [5, 5.41) is 5.49. The number of piperidine rings is 1. The van der Waals surface area contributed by atoms with Crippen molar-refractivity contribution in [2.45, 2.75) is 44.2 Å². The minimum Gasteiger partial charge on any atom is -0.497 e. The van der Waals surface area contributed by atoms with Crippen LogP contribution in [0.3, 0.4) is 0 Å². The molecule has 0 spiro atoms. The van der Waals surface area contributed by atoms with E-state index >= 15 is 0 Å². The van der Waals surface area contributed by atoms with Gasteiger partial charge < -0.3 is 40.0 Å². The predicted molar refractivity (Wildman–Crippen MR) is 154 cm³/mol. The van der Waals surface area contributed by atoms with E-state index in [-0.39, 0.29) is 24.8 Å². The quantitative estimate of drug-likeness (QED) is 0.294. The average Bonchev–Trinajstić information content (AvgIpc) is 3.35. The van der Waals surface area contributed by atoms with Gasteiger partial charge in [0.05, 0.1) is 30.9 Å². The maximum absolute atomic E-state index is 13.2. The summed E-state index contributed by atoms with van der Waals surface area (Å²) in [6.45, 7) is 2.93. The van der Waals surface area contributed by atoms with Crippen molar-refractivity contribution in [3.05, 3.63) is 48.3 Å². The van der Waals surface area contributed by atoms with E-state index in [0.29, 0.717) is 36.9 Å². The summed E-state index contributed by atoms with van der Waals surface area (Å²) in [7, 11) is 4.78. The van der Waals surface area contributed by atoms with Gasteiger partial charge in [-0.15, -0.1) is 0 Å². The molecule has 2 atom stereocenters. The van der Waals surface area contributed by atoms with Gasteiger partial charge in [-0.3, -0.25) is 4.79 Å². The Balaban J connectivity index is 1.32. The highest BCUT2D eigenvalue weighted by atomic mass is 16.5. The SMILES string of the molecule is COCCCn1c([C@@H]2CCCN(C(=O)C[C@@H](N)CNC(=O)Nc3cc(OC)ccc3OC)C2)nc2ccccc21. The number of nitrogens with two attached hydrogens (primary N) is 1. The van der Waals surface area contributed by atoms with Crippen LogP contribution in [0.15, 0.2) is 42.5 Å². The van der Waals surface area contributed by atoms with Crippen molar-refractivity contribution in [2.75, 3.05) is 52.9 Å². The molecule has 216 valence electrons. The first-order chi connectivity index (χ1) is 19.4. The molecule has 11 nitrogen and oxygen atoms in total. The van der Waals surface area contributed by atoms with Crippen LogP contribution in [-0.2, 0) is 16.1 Å². The molecule has 40 heavy (non-hydrogen) atoms. The molecular weight excluding hydrogens is 512 g/mol. The van der Waals surface area contributed by atoms with E-state index in [1.165, 1.54) is 7.11 Å². The zero-order chi connectivity index (χ0) is 28.5. The van der Waals surface area contributed by atoms with Crippen molar-refractivity contribution in [3.8, 4) is 11.5 Å². The zero-order valence-electron chi connectivity index (χ0n) is 23.5. The average molecular weight is 553 g/mol. The van der Waals surface area contributed by atoms with Crippen molar-refractivity contribution >= 4 is 28.7 Å². The Morgan fingerprint density at radius 2 is 1.98 bits per heavy atom. The number of anilines is 1. The number of ether oxygens (including phenoxy) is 3. The summed E-state index contributed by atoms with van der Waals surface area (Å²) < 4.78 is 18.1. The van der Waals surface area contributed by atoms with Crippen LogP contribution in [-0.4, -0.2) is 80.0 Å². The summed E-state index contributed by atoms with van der Waals surface area (Å²) in [4.78, 5) is 32.5. The van der Waals surface area contributed by atoms with E-state index in [0.717, 1.165) is 42.7 Å². The van der Waals surface area contributed by atoms with Crippen LogP contribution in [0, 0.1) is 0 Å². The molecule has 3 aromatic rings. The first kappa shape index (κ1) is 29.2. The number of rotatable bonds is 12. The second-order valence-corrected chi connectivity index (χ2v) is 10.0. The molecular formula is C29H40N6O5. The lowest BCUT2D eigenvalue weighted by atomic mass is 9.96. The minimum atomic E-state index is -0.524. The maximum Gasteiger partial charge on any atom is 0.319 e. The largest absolute Gasteiger partial charge is 0.497 e. The fraction of sp³-hybridized carbons (Fsp3) is 0.483.